The summed E-state index contributed by atoms with van der Waals surface area (Å²) in [4.78, 5) is 13.0. The van der Waals surface area contributed by atoms with Gasteiger partial charge in [-0.25, -0.2) is 4.79 Å². The molecule has 0 saturated heterocycles. The summed E-state index contributed by atoms with van der Waals surface area (Å²) in [6.45, 7) is 10.6. The first-order valence-electron chi connectivity index (χ1n) is 15.1. The van der Waals surface area contributed by atoms with Gasteiger partial charge in [0.05, 0.1) is 37.5 Å². The number of nitrogens with one attached hydrogen (secondary N) is 1. The van der Waals surface area contributed by atoms with E-state index in [-0.39, 0.29) is 51.8 Å². The highest BCUT2D eigenvalue weighted by molar-refractivity contribution is 7.57. The number of aryl methyl sites for hydroxylation is 1. The molecule has 44 heavy (non-hydrogen) atoms. The van der Waals surface area contributed by atoms with E-state index in [0.717, 1.165) is 31.7 Å². The van der Waals surface area contributed by atoms with Crippen LogP contribution >= 0.6 is 7.60 Å². The Kier molecular flexibility index (Phi) is 17.6. The van der Waals surface area contributed by atoms with Crippen LogP contribution in [0.25, 0.3) is 0 Å². The number of amides is 1. The lowest BCUT2D eigenvalue weighted by Crippen LogP contribution is -2.52. The van der Waals surface area contributed by atoms with Gasteiger partial charge in [-0.05, 0) is 77.7 Å². The van der Waals surface area contributed by atoms with E-state index in [0.29, 0.717) is 12.0 Å². The zero-order chi connectivity index (χ0) is 33.3. The van der Waals surface area contributed by atoms with Crippen LogP contribution in [-0.2, 0) is 40.4 Å². The second-order valence-electron chi connectivity index (χ2n) is 11.3. The van der Waals surface area contributed by atoms with Gasteiger partial charge in [-0.3, -0.25) is 4.57 Å². The first kappa shape index (κ1) is 39.9. The number of benzene rings is 1. The largest absolute Gasteiger partial charge is 0.493 e. The lowest BCUT2D eigenvalue weighted by atomic mass is 9.91. The molecule has 0 radical (unpaired) electrons. The number of alkyl carbamates (subject to hydrolysis) is 1. The number of hydrogen-bond donors (Lipinski definition) is 1. The smallest absolute Gasteiger partial charge is 0.419 e. The number of ether oxygens (including phenoxy) is 4. The van der Waals surface area contributed by atoms with Crippen molar-refractivity contribution in [3.63, 3.8) is 0 Å². The highest BCUT2D eigenvalue weighted by atomic mass is 31.2. The molecule has 0 spiro atoms. The minimum atomic E-state index is -4.64. The normalized spacial score (nSPS) is 14.0. The van der Waals surface area contributed by atoms with Crippen molar-refractivity contribution >= 4 is 13.7 Å². The van der Waals surface area contributed by atoms with Gasteiger partial charge in [0.2, 0.25) is 0 Å². The Balaban J connectivity index is 3.40. The maximum absolute atomic E-state index is 14.1. The second-order valence-corrected chi connectivity index (χ2v) is 13.2. The van der Waals surface area contributed by atoms with Crippen molar-refractivity contribution in [1.82, 2.24) is 5.32 Å². The predicted molar refractivity (Wildman–Crippen MR) is 164 cm³/mol. The molecule has 1 amide bonds. The van der Waals surface area contributed by atoms with Crippen molar-refractivity contribution in [2.45, 2.75) is 104 Å². The average molecular weight is 654 g/mol. The summed E-state index contributed by atoms with van der Waals surface area (Å²) in [6, 6.07) is 3.93. The summed E-state index contributed by atoms with van der Waals surface area (Å²) in [5.74, 6) is 0.999. The Morgan fingerprint density at radius 3 is 2.23 bits per heavy atom. The van der Waals surface area contributed by atoms with Crippen molar-refractivity contribution in [3.05, 3.63) is 41.2 Å². The van der Waals surface area contributed by atoms with Gasteiger partial charge in [-0.2, -0.15) is 13.2 Å². The Morgan fingerprint density at radius 1 is 1.00 bits per heavy atom. The SMILES string of the molecule is CCCCCCCOc1ccc(CCC(C=CP(=O)(OCC)OCC)(COCOC)NC(=O)OC(C)(C)C)cc1C(F)(F)F. The van der Waals surface area contributed by atoms with Gasteiger partial charge in [0.1, 0.15) is 18.1 Å². The Morgan fingerprint density at radius 2 is 1.66 bits per heavy atom. The van der Waals surface area contributed by atoms with E-state index >= 15 is 0 Å². The summed E-state index contributed by atoms with van der Waals surface area (Å²) in [5.41, 5.74) is -2.76. The van der Waals surface area contributed by atoms with Crippen LogP contribution in [0.5, 0.6) is 5.75 Å². The molecular formula is C31H51F3NO8P. The fraction of sp³-hybridized carbons (Fsp3) is 0.710. The van der Waals surface area contributed by atoms with E-state index in [1.54, 1.807) is 40.7 Å². The van der Waals surface area contributed by atoms with Crippen molar-refractivity contribution < 1.29 is 50.5 Å². The van der Waals surface area contributed by atoms with Crippen molar-refractivity contribution in [2.24, 2.45) is 0 Å². The van der Waals surface area contributed by atoms with Gasteiger partial charge in [0.25, 0.3) is 0 Å². The van der Waals surface area contributed by atoms with E-state index in [9.17, 15) is 22.5 Å². The maximum atomic E-state index is 14.1. The molecule has 254 valence electrons. The quantitative estimate of drug-likeness (QED) is 0.0799. The molecule has 13 heteroatoms. The summed E-state index contributed by atoms with van der Waals surface area (Å²) in [5, 5.41) is 2.77. The Hall–Kier alpha value is -2.11. The third-order valence-electron chi connectivity index (χ3n) is 6.22. The number of carbonyl (C=O) groups excluding carboxylic acids is 1. The predicted octanol–water partition coefficient (Wildman–Crippen LogP) is 8.65. The number of methoxy groups -OCH3 is 1. The number of rotatable bonds is 21. The molecule has 0 aliphatic heterocycles. The van der Waals surface area contributed by atoms with Gasteiger partial charge < -0.3 is 33.3 Å². The lowest BCUT2D eigenvalue weighted by Gasteiger charge is -2.33. The fourth-order valence-corrected chi connectivity index (χ4v) is 5.64. The molecule has 9 nitrogen and oxygen atoms in total. The van der Waals surface area contributed by atoms with Gasteiger partial charge in [0.15, 0.2) is 0 Å². The fourth-order valence-electron chi connectivity index (χ4n) is 4.21. The first-order valence-corrected chi connectivity index (χ1v) is 16.7. The molecule has 1 aromatic rings. The minimum Gasteiger partial charge on any atom is -0.493 e. The van der Waals surface area contributed by atoms with E-state index in [4.69, 9.17) is 28.0 Å². The standard InChI is InChI=1S/C31H51F3NO8P/c1-8-11-12-13-14-20-40-27-16-15-25(22-26(27)31(32,33)34)17-18-30(23-39-24-38-7,35-28(36)43-29(4,5)6)19-21-44(37,41-9-2)42-10-3/h15-16,19,21-22H,8-14,17-18,20,23-24H2,1-7H3,(H,35,36). The number of carbonyl (C=O) groups is 1. The van der Waals surface area contributed by atoms with Crippen molar-refractivity contribution in [3.8, 4) is 5.75 Å². The first-order chi connectivity index (χ1) is 20.6. The Bertz CT molecular complexity index is 1050. The molecule has 0 aliphatic carbocycles. The molecule has 0 aromatic heterocycles. The van der Waals surface area contributed by atoms with Gasteiger partial charge in [-0.15, -0.1) is 0 Å². The molecule has 1 unspecified atom stereocenters. The molecule has 0 heterocycles. The van der Waals surface area contributed by atoms with Gasteiger partial charge >= 0.3 is 19.9 Å². The maximum Gasteiger partial charge on any atom is 0.419 e. The molecule has 1 aromatic carbocycles. The topological polar surface area (TPSA) is 102 Å². The average Bonchev–Trinajstić information content (AvgIpc) is 2.92. The number of alkyl halides is 3. The molecule has 0 aliphatic rings. The highest BCUT2D eigenvalue weighted by Gasteiger charge is 2.36. The number of unbranched alkanes of at least 4 members (excludes halogenated alkanes) is 4. The molecule has 0 saturated carbocycles. The van der Waals surface area contributed by atoms with Crippen LogP contribution in [0.1, 0.15) is 91.2 Å². The third-order valence-corrected chi connectivity index (χ3v) is 7.97. The second kappa shape index (κ2) is 19.4. The summed E-state index contributed by atoms with van der Waals surface area (Å²) >= 11 is 0. The van der Waals surface area contributed by atoms with E-state index in [1.807, 2.05) is 0 Å². The summed E-state index contributed by atoms with van der Waals surface area (Å²) < 4.78 is 87.7. The minimum absolute atomic E-state index is 0.0413. The number of halogens is 3. The van der Waals surface area contributed by atoms with E-state index < -0.39 is 36.6 Å². The van der Waals surface area contributed by atoms with Crippen molar-refractivity contribution in [2.75, 3.05) is 40.3 Å². The molecule has 1 N–H and O–H groups in total. The van der Waals surface area contributed by atoms with Crippen molar-refractivity contribution in [1.29, 1.82) is 0 Å². The van der Waals surface area contributed by atoms with Crippen LogP contribution in [0.3, 0.4) is 0 Å². The molecular weight excluding hydrogens is 602 g/mol. The molecule has 1 rings (SSSR count). The zero-order valence-electron chi connectivity index (χ0n) is 27.2. The van der Waals surface area contributed by atoms with E-state index in [1.165, 1.54) is 25.1 Å². The number of hydrogen-bond acceptors (Lipinski definition) is 8. The molecule has 1 atom stereocenters. The zero-order valence-corrected chi connectivity index (χ0v) is 28.1. The van der Waals surface area contributed by atoms with Crippen LogP contribution in [0.2, 0.25) is 0 Å². The van der Waals surface area contributed by atoms with Crippen LogP contribution in [0.15, 0.2) is 30.1 Å². The lowest BCUT2D eigenvalue weighted by molar-refractivity contribution is -0.139. The summed E-state index contributed by atoms with van der Waals surface area (Å²) in [6.07, 6.45) is 0.819. The molecule has 0 fully saturated rings. The van der Waals surface area contributed by atoms with Crippen LogP contribution in [-0.4, -0.2) is 57.6 Å². The van der Waals surface area contributed by atoms with Crippen LogP contribution < -0.4 is 10.1 Å². The monoisotopic (exact) mass is 653 g/mol. The van der Waals surface area contributed by atoms with Crippen LogP contribution in [0.4, 0.5) is 18.0 Å². The third kappa shape index (κ3) is 15.8. The van der Waals surface area contributed by atoms with Gasteiger partial charge in [-0.1, -0.05) is 38.7 Å². The van der Waals surface area contributed by atoms with Gasteiger partial charge in [0, 0.05) is 12.9 Å². The van der Waals surface area contributed by atoms with E-state index in [2.05, 4.69) is 12.2 Å². The summed E-state index contributed by atoms with van der Waals surface area (Å²) in [7, 11) is -2.30. The highest BCUT2D eigenvalue weighted by Crippen LogP contribution is 2.50. The Labute approximate surface area is 260 Å². The molecule has 0 bridgehead atoms. The van der Waals surface area contributed by atoms with Crippen LogP contribution in [0, 0.1) is 0 Å².